The van der Waals surface area contributed by atoms with Crippen molar-refractivity contribution in [2.75, 3.05) is 18.5 Å². The minimum absolute atomic E-state index is 0.151. The van der Waals surface area contributed by atoms with Gasteiger partial charge in [0.25, 0.3) is 0 Å². The van der Waals surface area contributed by atoms with Gasteiger partial charge in [0.15, 0.2) is 0 Å². The lowest BCUT2D eigenvalue weighted by atomic mass is 10.2. The van der Waals surface area contributed by atoms with Crippen molar-refractivity contribution in [3.63, 3.8) is 0 Å². The van der Waals surface area contributed by atoms with Crippen LogP contribution in [-0.2, 0) is 11.3 Å². The standard InChI is InChI=1S/C20H25FN2O2/c1-16(2)25-14-8-13-23(15-17-9-6-7-12-19(17)21)20(24)22-18-10-4-3-5-11-18/h3-7,9-12,16H,8,13-15H2,1-2H3,(H,22,24). The summed E-state index contributed by atoms with van der Waals surface area (Å²) in [5.74, 6) is -0.307. The third-order valence-electron chi connectivity index (χ3n) is 3.65. The van der Waals surface area contributed by atoms with E-state index in [0.717, 1.165) is 0 Å². The summed E-state index contributed by atoms with van der Waals surface area (Å²) in [6, 6.07) is 15.5. The third kappa shape index (κ3) is 6.55. The van der Waals surface area contributed by atoms with Crippen LogP contribution in [0.15, 0.2) is 54.6 Å². The van der Waals surface area contributed by atoms with E-state index in [0.29, 0.717) is 30.8 Å². The van der Waals surface area contributed by atoms with Crippen molar-refractivity contribution in [3.05, 3.63) is 66.0 Å². The highest BCUT2D eigenvalue weighted by molar-refractivity contribution is 5.89. The fourth-order valence-corrected chi connectivity index (χ4v) is 2.38. The van der Waals surface area contributed by atoms with Crippen LogP contribution in [-0.4, -0.2) is 30.2 Å². The second kappa shape index (κ2) is 9.79. The van der Waals surface area contributed by atoms with Crippen molar-refractivity contribution < 1.29 is 13.9 Å². The molecule has 0 fully saturated rings. The van der Waals surface area contributed by atoms with Gasteiger partial charge < -0.3 is 15.0 Å². The first-order valence-corrected chi connectivity index (χ1v) is 8.52. The molecule has 0 radical (unpaired) electrons. The normalized spacial score (nSPS) is 10.7. The van der Waals surface area contributed by atoms with Crippen LogP contribution >= 0.6 is 0 Å². The number of benzene rings is 2. The summed E-state index contributed by atoms with van der Waals surface area (Å²) in [6.07, 6.45) is 0.840. The van der Waals surface area contributed by atoms with E-state index in [1.807, 2.05) is 44.2 Å². The van der Waals surface area contributed by atoms with Crippen molar-refractivity contribution in [3.8, 4) is 0 Å². The van der Waals surface area contributed by atoms with E-state index in [-0.39, 0.29) is 24.5 Å². The van der Waals surface area contributed by atoms with Gasteiger partial charge in [-0.15, -0.1) is 0 Å². The second-order valence-electron chi connectivity index (χ2n) is 6.08. The highest BCUT2D eigenvalue weighted by atomic mass is 19.1. The van der Waals surface area contributed by atoms with Crippen molar-refractivity contribution >= 4 is 11.7 Å². The molecule has 2 aromatic rings. The largest absolute Gasteiger partial charge is 0.379 e. The van der Waals surface area contributed by atoms with Gasteiger partial charge in [-0.25, -0.2) is 9.18 Å². The smallest absolute Gasteiger partial charge is 0.322 e. The highest BCUT2D eigenvalue weighted by Gasteiger charge is 2.16. The summed E-state index contributed by atoms with van der Waals surface area (Å²) < 4.78 is 19.5. The summed E-state index contributed by atoms with van der Waals surface area (Å²) in [5.41, 5.74) is 1.21. The molecule has 0 aliphatic carbocycles. The van der Waals surface area contributed by atoms with Crippen molar-refractivity contribution in [1.29, 1.82) is 0 Å². The van der Waals surface area contributed by atoms with Crippen LogP contribution in [0, 0.1) is 5.82 Å². The molecule has 0 unspecified atom stereocenters. The van der Waals surface area contributed by atoms with Gasteiger partial charge in [0, 0.05) is 24.4 Å². The van der Waals surface area contributed by atoms with Crippen molar-refractivity contribution in [2.24, 2.45) is 0 Å². The fraction of sp³-hybridized carbons (Fsp3) is 0.350. The minimum atomic E-state index is -0.307. The maximum absolute atomic E-state index is 14.0. The average Bonchev–Trinajstić information content (AvgIpc) is 2.60. The zero-order valence-electron chi connectivity index (χ0n) is 14.7. The van der Waals surface area contributed by atoms with E-state index >= 15 is 0 Å². The maximum Gasteiger partial charge on any atom is 0.322 e. The molecule has 25 heavy (non-hydrogen) atoms. The number of hydrogen-bond acceptors (Lipinski definition) is 2. The first-order chi connectivity index (χ1) is 12.1. The lowest BCUT2D eigenvalue weighted by Crippen LogP contribution is -2.36. The Kier molecular flexibility index (Phi) is 7.41. The predicted molar refractivity (Wildman–Crippen MR) is 98.0 cm³/mol. The van der Waals surface area contributed by atoms with Gasteiger partial charge in [-0.2, -0.15) is 0 Å². The zero-order valence-corrected chi connectivity index (χ0v) is 14.7. The highest BCUT2D eigenvalue weighted by Crippen LogP contribution is 2.13. The van der Waals surface area contributed by atoms with Crippen LogP contribution < -0.4 is 5.32 Å². The Labute approximate surface area is 148 Å². The van der Waals surface area contributed by atoms with Gasteiger partial charge in [0.1, 0.15) is 5.82 Å². The predicted octanol–water partition coefficient (Wildman–Crippen LogP) is 4.67. The number of ether oxygens (including phenoxy) is 1. The number of carbonyl (C=O) groups is 1. The molecule has 134 valence electrons. The third-order valence-corrected chi connectivity index (χ3v) is 3.65. The van der Waals surface area contributed by atoms with E-state index in [2.05, 4.69) is 5.32 Å². The molecular formula is C20H25FN2O2. The second-order valence-corrected chi connectivity index (χ2v) is 6.08. The number of halogens is 1. The maximum atomic E-state index is 14.0. The van der Waals surface area contributed by atoms with Gasteiger partial charge in [0.2, 0.25) is 0 Å². The molecule has 0 bridgehead atoms. The first kappa shape index (κ1) is 18.9. The van der Waals surface area contributed by atoms with Crippen molar-refractivity contribution in [2.45, 2.75) is 32.9 Å². The number of carbonyl (C=O) groups excluding carboxylic acids is 1. The Bertz CT molecular complexity index is 662. The monoisotopic (exact) mass is 344 g/mol. The number of nitrogens with zero attached hydrogens (tertiary/aromatic N) is 1. The Balaban J connectivity index is 2.02. The molecule has 0 aliphatic rings. The molecule has 0 aliphatic heterocycles. The molecule has 2 rings (SSSR count). The fourth-order valence-electron chi connectivity index (χ4n) is 2.38. The summed E-state index contributed by atoms with van der Waals surface area (Å²) in [4.78, 5) is 14.2. The van der Waals surface area contributed by atoms with Crippen LogP contribution in [0.5, 0.6) is 0 Å². The summed E-state index contributed by atoms with van der Waals surface area (Å²) in [5, 5.41) is 2.86. The molecule has 2 amide bonds. The van der Waals surface area contributed by atoms with E-state index < -0.39 is 0 Å². The molecule has 1 N–H and O–H groups in total. The molecule has 4 nitrogen and oxygen atoms in total. The number of amides is 2. The topological polar surface area (TPSA) is 41.6 Å². The van der Waals surface area contributed by atoms with Crippen LogP contribution in [0.3, 0.4) is 0 Å². The average molecular weight is 344 g/mol. The number of nitrogens with one attached hydrogen (secondary N) is 1. The summed E-state index contributed by atoms with van der Waals surface area (Å²) in [7, 11) is 0. The number of urea groups is 1. The Morgan fingerprint density at radius 3 is 2.48 bits per heavy atom. The Morgan fingerprint density at radius 1 is 1.12 bits per heavy atom. The lowest BCUT2D eigenvalue weighted by molar-refractivity contribution is 0.0724. The van der Waals surface area contributed by atoms with Crippen LogP contribution in [0.25, 0.3) is 0 Å². The number of rotatable bonds is 8. The van der Waals surface area contributed by atoms with Gasteiger partial charge in [-0.1, -0.05) is 36.4 Å². The van der Waals surface area contributed by atoms with E-state index in [9.17, 15) is 9.18 Å². The molecule has 0 saturated heterocycles. The first-order valence-electron chi connectivity index (χ1n) is 8.52. The van der Waals surface area contributed by atoms with E-state index in [1.165, 1.54) is 6.07 Å². The van der Waals surface area contributed by atoms with E-state index in [4.69, 9.17) is 4.74 Å². The van der Waals surface area contributed by atoms with Crippen LogP contribution in [0.1, 0.15) is 25.8 Å². The molecular weight excluding hydrogens is 319 g/mol. The summed E-state index contributed by atoms with van der Waals surface area (Å²) in [6.45, 7) is 5.20. The Morgan fingerprint density at radius 2 is 1.80 bits per heavy atom. The van der Waals surface area contributed by atoms with Gasteiger partial charge in [-0.3, -0.25) is 0 Å². The zero-order chi connectivity index (χ0) is 18.1. The number of anilines is 1. The van der Waals surface area contributed by atoms with Gasteiger partial charge >= 0.3 is 6.03 Å². The number of hydrogen-bond donors (Lipinski definition) is 1. The molecule has 0 atom stereocenters. The quantitative estimate of drug-likeness (QED) is 0.707. The van der Waals surface area contributed by atoms with Crippen LogP contribution in [0.4, 0.5) is 14.9 Å². The van der Waals surface area contributed by atoms with Gasteiger partial charge in [-0.05, 0) is 38.5 Å². The molecule has 5 heteroatoms. The summed E-state index contributed by atoms with van der Waals surface area (Å²) >= 11 is 0. The lowest BCUT2D eigenvalue weighted by Gasteiger charge is -2.24. The SMILES string of the molecule is CC(C)OCCCN(Cc1ccccc1F)C(=O)Nc1ccccc1. The molecule has 2 aromatic carbocycles. The van der Waals surface area contributed by atoms with Gasteiger partial charge in [0.05, 0.1) is 12.6 Å². The Hall–Kier alpha value is -2.40. The molecule has 0 saturated carbocycles. The van der Waals surface area contributed by atoms with E-state index in [1.54, 1.807) is 23.1 Å². The minimum Gasteiger partial charge on any atom is -0.379 e. The molecule has 0 spiro atoms. The van der Waals surface area contributed by atoms with Crippen molar-refractivity contribution in [1.82, 2.24) is 4.90 Å². The van der Waals surface area contributed by atoms with Crippen LogP contribution in [0.2, 0.25) is 0 Å². The molecule has 0 heterocycles. The molecule has 0 aromatic heterocycles. The number of para-hydroxylation sites is 1.